The summed E-state index contributed by atoms with van der Waals surface area (Å²) >= 11 is 3.64. The van der Waals surface area contributed by atoms with Crippen LogP contribution in [0, 0.1) is 5.41 Å². The highest BCUT2D eigenvalue weighted by molar-refractivity contribution is 9.10. The summed E-state index contributed by atoms with van der Waals surface area (Å²) in [6, 6.07) is 9.11. The van der Waals surface area contributed by atoms with Crippen LogP contribution in [0.3, 0.4) is 0 Å². The molecule has 0 saturated heterocycles. The second-order valence-electron chi connectivity index (χ2n) is 6.15. The predicted molar refractivity (Wildman–Crippen MR) is 84.0 cm³/mol. The van der Waals surface area contributed by atoms with Gasteiger partial charge in [-0.05, 0) is 42.9 Å². The molecule has 1 aromatic carbocycles. The Morgan fingerprint density at radius 1 is 1.22 bits per heavy atom. The highest BCUT2D eigenvalue weighted by Gasteiger charge is 2.15. The van der Waals surface area contributed by atoms with Gasteiger partial charge in [0.2, 0.25) is 0 Å². The molecule has 102 valence electrons. The third kappa shape index (κ3) is 6.01. The second-order valence-corrected chi connectivity index (χ2v) is 7.00. The lowest BCUT2D eigenvalue weighted by Gasteiger charge is -2.24. The maximum Gasteiger partial charge on any atom is 0.0207 e. The summed E-state index contributed by atoms with van der Waals surface area (Å²) in [5.41, 5.74) is 1.82. The van der Waals surface area contributed by atoms with Crippen LogP contribution in [0.4, 0.5) is 0 Å². The monoisotopic (exact) mass is 311 g/mol. The van der Waals surface area contributed by atoms with Gasteiger partial charge in [-0.25, -0.2) is 0 Å². The van der Waals surface area contributed by atoms with Crippen LogP contribution in [0.25, 0.3) is 0 Å². The van der Waals surface area contributed by atoms with Crippen molar-refractivity contribution in [3.63, 3.8) is 0 Å². The van der Waals surface area contributed by atoms with Gasteiger partial charge in [-0.2, -0.15) is 0 Å². The Morgan fingerprint density at radius 2 is 1.89 bits per heavy atom. The van der Waals surface area contributed by atoms with E-state index in [1.54, 1.807) is 0 Å². The quantitative estimate of drug-likeness (QED) is 0.796. The Labute approximate surface area is 120 Å². The highest BCUT2D eigenvalue weighted by Crippen LogP contribution is 2.24. The zero-order chi connectivity index (χ0) is 13.6. The van der Waals surface area contributed by atoms with Gasteiger partial charge in [0.15, 0.2) is 0 Å². The fourth-order valence-electron chi connectivity index (χ4n) is 2.10. The van der Waals surface area contributed by atoms with Crippen LogP contribution < -0.4 is 5.32 Å². The molecule has 0 aliphatic carbocycles. The number of benzene rings is 1. The molecule has 0 spiro atoms. The third-order valence-electron chi connectivity index (χ3n) is 3.16. The summed E-state index contributed by atoms with van der Waals surface area (Å²) in [4.78, 5) is 0. The van der Waals surface area contributed by atoms with E-state index in [4.69, 9.17) is 0 Å². The lowest BCUT2D eigenvalue weighted by Crippen LogP contribution is -2.32. The lowest BCUT2D eigenvalue weighted by atomic mass is 9.87. The van der Waals surface area contributed by atoms with Crippen molar-refractivity contribution >= 4 is 15.9 Å². The maximum absolute atomic E-state index is 3.64. The van der Waals surface area contributed by atoms with Crippen LogP contribution in [0.15, 0.2) is 28.7 Å². The van der Waals surface area contributed by atoms with E-state index in [0.29, 0.717) is 11.5 Å². The third-order valence-corrected chi connectivity index (χ3v) is 3.93. The smallest absolute Gasteiger partial charge is 0.0207 e. The van der Waals surface area contributed by atoms with E-state index >= 15 is 0 Å². The Morgan fingerprint density at radius 3 is 2.44 bits per heavy atom. The van der Waals surface area contributed by atoms with Crippen molar-refractivity contribution in [2.75, 3.05) is 6.54 Å². The van der Waals surface area contributed by atoms with Gasteiger partial charge >= 0.3 is 0 Å². The van der Waals surface area contributed by atoms with Gasteiger partial charge in [0.05, 0.1) is 0 Å². The molecule has 1 atom stereocenters. The molecule has 1 rings (SSSR count). The number of halogens is 1. The average Bonchev–Trinajstić information content (AvgIpc) is 2.28. The van der Waals surface area contributed by atoms with Crippen molar-refractivity contribution in [2.45, 2.75) is 53.0 Å². The molecular weight excluding hydrogens is 286 g/mol. The molecule has 0 fully saturated rings. The molecule has 1 unspecified atom stereocenters. The molecule has 1 nitrogen and oxygen atoms in total. The average molecular weight is 312 g/mol. The minimum atomic E-state index is 0.418. The van der Waals surface area contributed by atoms with E-state index in [-0.39, 0.29) is 0 Å². The molecule has 1 aromatic rings. The Bertz CT molecular complexity index is 354. The summed E-state index contributed by atoms with van der Waals surface area (Å²) in [7, 11) is 0. The van der Waals surface area contributed by atoms with Gasteiger partial charge in [0.1, 0.15) is 0 Å². The Kier molecular flexibility index (Phi) is 6.37. The molecule has 0 radical (unpaired) electrons. The summed E-state index contributed by atoms with van der Waals surface area (Å²) in [6.07, 6.45) is 3.60. The maximum atomic E-state index is 3.64. The molecule has 0 bridgehead atoms. The number of nitrogens with one attached hydrogen (secondary N) is 1. The Balaban J connectivity index is 2.60. The number of hydrogen-bond acceptors (Lipinski definition) is 1. The SMILES string of the molecule is CCNC(CCC(C)(C)C)Cc1ccccc1Br. The minimum Gasteiger partial charge on any atom is -0.314 e. The first kappa shape index (κ1) is 15.7. The van der Waals surface area contributed by atoms with Gasteiger partial charge in [-0.1, -0.05) is 61.8 Å². The summed E-state index contributed by atoms with van der Waals surface area (Å²) < 4.78 is 1.23. The zero-order valence-corrected chi connectivity index (χ0v) is 13.7. The van der Waals surface area contributed by atoms with Crippen molar-refractivity contribution in [3.8, 4) is 0 Å². The van der Waals surface area contributed by atoms with Crippen molar-refractivity contribution < 1.29 is 0 Å². The standard InChI is InChI=1S/C16H26BrN/c1-5-18-14(10-11-16(2,3)4)12-13-8-6-7-9-15(13)17/h6-9,14,18H,5,10-12H2,1-4H3. The number of likely N-dealkylation sites (N-methyl/N-ethyl adjacent to an activating group) is 1. The molecule has 0 saturated carbocycles. The largest absolute Gasteiger partial charge is 0.314 e. The van der Waals surface area contributed by atoms with Gasteiger partial charge in [-0.15, -0.1) is 0 Å². The van der Waals surface area contributed by atoms with Crippen LogP contribution >= 0.6 is 15.9 Å². The molecule has 0 aromatic heterocycles. The van der Waals surface area contributed by atoms with Crippen molar-refractivity contribution in [2.24, 2.45) is 5.41 Å². The van der Waals surface area contributed by atoms with Gasteiger partial charge in [-0.3, -0.25) is 0 Å². The molecule has 0 aliphatic rings. The minimum absolute atomic E-state index is 0.418. The molecule has 18 heavy (non-hydrogen) atoms. The first-order valence-electron chi connectivity index (χ1n) is 6.89. The van der Waals surface area contributed by atoms with Crippen LogP contribution in [-0.2, 0) is 6.42 Å². The summed E-state index contributed by atoms with van der Waals surface area (Å²) in [6.45, 7) is 10.2. The van der Waals surface area contributed by atoms with E-state index in [2.05, 4.69) is 73.2 Å². The molecule has 0 heterocycles. The van der Waals surface area contributed by atoms with E-state index in [1.807, 2.05) is 0 Å². The summed E-state index contributed by atoms with van der Waals surface area (Å²) in [5, 5.41) is 3.61. The van der Waals surface area contributed by atoms with Crippen LogP contribution in [0.5, 0.6) is 0 Å². The molecule has 2 heteroatoms. The second kappa shape index (κ2) is 7.30. The predicted octanol–water partition coefficient (Wildman–Crippen LogP) is 4.80. The van der Waals surface area contributed by atoms with Crippen molar-refractivity contribution in [3.05, 3.63) is 34.3 Å². The number of hydrogen-bond donors (Lipinski definition) is 1. The molecular formula is C16H26BrN. The topological polar surface area (TPSA) is 12.0 Å². The van der Waals surface area contributed by atoms with E-state index in [0.717, 1.165) is 13.0 Å². The Hall–Kier alpha value is -0.340. The van der Waals surface area contributed by atoms with Gasteiger partial charge < -0.3 is 5.32 Å². The fourth-order valence-corrected chi connectivity index (χ4v) is 2.55. The molecule has 0 amide bonds. The van der Waals surface area contributed by atoms with E-state index in [9.17, 15) is 0 Å². The van der Waals surface area contributed by atoms with Gasteiger partial charge in [0, 0.05) is 10.5 Å². The van der Waals surface area contributed by atoms with Crippen LogP contribution in [-0.4, -0.2) is 12.6 Å². The molecule has 0 aliphatic heterocycles. The van der Waals surface area contributed by atoms with E-state index in [1.165, 1.54) is 22.9 Å². The zero-order valence-electron chi connectivity index (χ0n) is 12.1. The van der Waals surface area contributed by atoms with Crippen LogP contribution in [0.1, 0.15) is 46.1 Å². The molecule has 1 N–H and O–H groups in total. The number of rotatable bonds is 6. The van der Waals surface area contributed by atoms with Gasteiger partial charge in [0.25, 0.3) is 0 Å². The fraction of sp³-hybridized carbons (Fsp3) is 0.625. The summed E-state index contributed by atoms with van der Waals surface area (Å²) in [5.74, 6) is 0. The van der Waals surface area contributed by atoms with Crippen LogP contribution in [0.2, 0.25) is 0 Å². The van der Waals surface area contributed by atoms with E-state index < -0.39 is 0 Å². The lowest BCUT2D eigenvalue weighted by molar-refractivity contribution is 0.330. The van der Waals surface area contributed by atoms with Crippen molar-refractivity contribution in [1.29, 1.82) is 0 Å². The normalized spacial score (nSPS) is 13.6. The first-order valence-corrected chi connectivity index (χ1v) is 7.68. The van der Waals surface area contributed by atoms with Crippen molar-refractivity contribution in [1.82, 2.24) is 5.32 Å². The highest BCUT2D eigenvalue weighted by atomic mass is 79.9. The first-order chi connectivity index (χ1) is 8.42.